The zero-order valence-electron chi connectivity index (χ0n) is 17.9. The molecule has 1 amide bonds. The summed E-state index contributed by atoms with van der Waals surface area (Å²) in [7, 11) is 1.51. The number of ether oxygens (including phenoxy) is 1. The van der Waals surface area contributed by atoms with Gasteiger partial charge in [0.25, 0.3) is 0 Å². The highest BCUT2D eigenvalue weighted by Gasteiger charge is 2.31. The van der Waals surface area contributed by atoms with E-state index < -0.39 is 11.9 Å². The summed E-state index contributed by atoms with van der Waals surface area (Å²) in [6.45, 7) is 1.69. The third kappa shape index (κ3) is 4.24. The van der Waals surface area contributed by atoms with Crippen molar-refractivity contribution in [1.82, 2.24) is 0 Å². The van der Waals surface area contributed by atoms with Crippen LogP contribution in [0.1, 0.15) is 17.3 Å². The first-order chi connectivity index (χ1) is 15.9. The highest BCUT2D eigenvalue weighted by molar-refractivity contribution is 6.71. The van der Waals surface area contributed by atoms with Crippen LogP contribution in [-0.4, -0.2) is 35.5 Å². The van der Waals surface area contributed by atoms with Crippen molar-refractivity contribution in [1.29, 1.82) is 0 Å². The van der Waals surface area contributed by atoms with Crippen molar-refractivity contribution in [2.75, 3.05) is 23.3 Å². The van der Waals surface area contributed by atoms with Crippen LogP contribution in [0.2, 0.25) is 0 Å². The van der Waals surface area contributed by atoms with Gasteiger partial charge in [-0.05, 0) is 48.9 Å². The first-order valence-electron chi connectivity index (χ1n) is 9.99. The highest BCUT2D eigenvalue weighted by atomic mass is 16.5. The van der Waals surface area contributed by atoms with E-state index in [4.69, 9.17) is 10.5 Å². The van der Waals surface area contributed by atoms with Gasteiger partial charge in [0.05, 0.1) is 29.8 Å². The smallest absolute Gasteiger partial charge is 0.335 e. The molecule has 0 aliphatic carbocycles. The maximum atomic E-state index is 12.9. The Morgan fingerprint density at radius 1 is 1.12 bits per heavy atom. The Morgan fingerprint density at radius 3 is 2.61 bits per heavy atom. The Balaban J connectivity index is 1.64. The van der Waals surface area contributed by atoms with E-state index in [1.165, 1.54) is 18.2 Å². The van der Waals surface area contributed by atoms with Crippen molar-refractivity contribution in [2.24, 2.45) is 10.2 Å². The Morgan fingerprint density at radius 2 is 1.88 bits per heavy atom. The Kier molecular flexibility index (Phi) is 5.77. The molecule has 3 aromatic carbocycles. The summed E-state index contributed by atoms with van der Waals surface area (Å²) in [4.78, 5) is 24.3. The molecule has 1 heterocycles. The van der Waals surface area contributed by atoms with Crippen molar-refractivity contribution in [3.05, 3.63) is 72.3 Å². The topological polar surface area (TPSA) is 130 Å². The van der Waals surface area contributed by atoms with Crippen LogP contribution in [0.4, 0.5) is 17.1 Å². The molecule has 0 spiro atoms. The van der Waals surface area contributed by atoms with E-state index in [-0.39, 0.29) is 11.3 Å². The predicted octanol–water partition coefficient (Wildman–Crippen LogP) is 3.83. The molecule has 166 valence electrons. The van der Waals surface area contributed by atoms with Crippen LogP contribution in [0, 0.1) is 0 Å². The molecule has 1 aliphatic heterocycles. The number of benzene rings is 3. The molecule has 4 N–H and O–H groups in total. The van der Waals surface area contributed by atoms with Gasteiger partial charge < -0.3 is 15.6 Å². The first-order valence-corrected chi connectivity index (χ1v) is 9.99. The molecule has 0 saturated carbocycles. The molecular formula is C24H21N5O4. The maximum absolute atomic E-state index is 12.9. The van der Waals surface area contributed by atoms with Gasteiger partial charge in [0.15, 0.2) is 11.5 Å². The van der Waals surface area contributed by atoms with Gasteiger partial charge in [-0.25, -0.2) is 4.79 Å². The van der Waals surface area contributed by atoms with Crippen LogP contribution in [-0.2, 0) is 4.79 Å². The van der Waals surface area contributed by atoms with E-state index in [9.17, 15) is 14.7 Å². The number of carboxylic acids is 1. The standard InChI is InChI=1S/C24H21N5O4/c1-14-21(23(30)29(28-14)18-9-4-8-17(25)13-18)27-26-20-11-5-10-19(22(20)33-2)15-6-3-7-16(12-15)24(31)32/h3-13,26H,25H2,1-2H3,(H,31,32)/b27-21-. The Bertz CT molecular complexity index is 1320. The summed E-state index contributed by atoms with van der Waals surface area (Å²) in [6.07, 6.45) is 0. The lowest BCUT2D eigenvalue weighted by molar-refractivity contribution is -0.112. The number of carbonyl (C=O) groups is 2. The molecule has 1 aliphatic rings. The number of nitrogens with zero attached hydrogens (tertiary/aromatic N) is 3. The van der Waals surface area contributed by atoms with Crippen LogP contribution in [0.15, 0.2) is 76.9 Å². The number of nitrogens with one attached hydrogen (secondary N) is 1. The third-order valence-corrected chi connectivity index (χ3v) is 5.03. The average Bonchev–Trinajstić information content (AvgIpc) is 3.10. The zero-order valence-corrected chi connectivity index (χ0v) is 17.9. The molecule has 0 bridgehead atoms. The monoisotopic (exact) mass is 443 g/mol. The summed E-state index contributed by atoms with van der Waals surface area (Å²) in [6, 6.07) is 18.7. The fourth-order valence-electron chi connectivity index (χ4n) is 3.47. The summed E-state index contributed by atoms with van der Waals surface area (Å²) in [5.74, 6) is -0.956. The zero-order chi connectivity index (χ0) is 23.5. The molecule has 0 saturated heterocycles. The lowest BCUT2D eigenvalue weighted by atomic mass is 10.0. The van der Waals surface area contributed by atoms with E-state index in [0.29, 0.717) is 39.7 Å². The van der Waals surface area contributed by atoms with E-state index in [1.54, 1.807) is 61.5 Å². The summed E-state index contributed by atoms with van der Waals surface area (Å²) >= 11 is 0. The quantitative estimate of drug-likeness (QED) is 0.392. The number of nitrogen functional groups attached to an aromatic ring is 1. The number of carboxylic acid groups (broad SMARTS) is 1. The number of carbonyl (C=O) groups excluding carboxylic acids is 1. The number of amides is 1. The molecular weight excluding hydrogens is 422 g/mol. The summed E-state index contributed by atoms with van der Waals surface area (Å²) in [5.41, 5.74) is 12.4. The molecule has 0 aromatic heterocycles. The molecule has 0 fully saturated rings. The van der Waals surface area contributed by atoms with Gasteiger partial charge in [0.2, 0.25) is 0 Å². The number of anilines is 3. The second kappa shape index (κ2) is 8.83. The lowest BCUT2D eigenvalue weighted by Gasteiger charge is -2.14. The van der Waals surface area contributed by atoms with E-state index >= 15 is 0 Å². The van der Waals surface area contributed by atoms with Gasteiger partial charge in [-0.1, -0.05) is 30.3 Å². The van der Waals surface area contributed by atoms with Crippen molar-refractivity contribution in [2.45, 2.75) is 6.92 Å². The summed E-state index contributed by atoms with van der Waals surface area (Å²) in [5, 5.41) is 19.1. The molecule has 0 atom stereocenters. The second-order valence-electron chi connectivity index (χ2n) is 7.24. The van der Waals surface area contributed by atoms with E-state index in [2.05, 4.69) is 15.6 Å². The number of hydrazone groups is 2. The van der Waals surface area contributed by atoms with Gasteiger partial charge in [-0.3, -0.25) is 10.2 Å². The number of aromatic carboxylic acids is 1. The number of para-hydroxylation sites is 1. The molecule has 9 nitrogen and oxygen atoms in total. The summed E-state index contributed by atoms with van der Waals surface area (Å²) < 4.78 is 5.59. The second-order valence-corrected chi connectivity index (χ2v) is 7.24. The molecule has 9 heteroatoms. The fourth-order valence-corrected chi connectivity index (χ4v) is 3.47. The third-order valence-electron chi connectivity index (χ3n) is 5.03. The Labute approximate surface area is 189 Å². The molecule has 0 unspecified atom stereocenters. The van der Waals surface area contributed by atoms with Crippen LogP contribution in [0.25, 0.3) is 11.1 Å². The molecule has 33 heavy (non-hydrogen) atoms. The SMILES string of the molecule is COc1c(N/N=C2\C(=O)N(c3cccc(N)c3)N=C2C)cccc1-c1cccc(C(=O)O)c1. The number of nitrogens with two attached hydrogens (primary N) is 1. The molecule has 3 aromatic rings. The van der Waals surface area contributed by atoms with Crippen molar-refractivity contribution in [3.8, 4) is 16.9 Å². The normalized spacial score (nSPS) is 14.4. The average molecular weight is 443 g/mol. The largest absolute Gasteiger partial charge is 0.494 e. The number of rotatable bonds is 6. The maximum Gasteiger partial charge on any atom is 0.335 e. The van der Waals surface area contributed by atoms with Gasteiger partial charge >= 0.3 is 11.9 Å². The Hall–Kier alpha value is -4.66. The molecule has 0 radical (unpaired) electrons. The molecule has 4 rings (SSSR count). The van der Waals surface area contributed by atoms with E-state index in [1.807, 2.05) is 6.07 Å². The minimum atomic E-state index is -1.02. The van der Waals surface area contributed by atoms with Crippen molar-refractivity contribution >= 4 is 40.4 Å². The number of hydrogen-bond acceptors (Lipinski definition) is 7. The fraction of sp³-hybridized carbons (Fsp3) is 0.0833. The van der Waals surface area contributed by atoms with Gasteiger partial charge in [-0.15, -0.1) is 0 Å². The number of methoxy groups -OCH3 is 1. The first kappa shape index (κ1) is 21.6. The number of hydrogen-bond donors (Lipinski definition) is 3. The van der Waals surface area contributed by atoms with Gasteiger partial charge in [-0.2, -0.15) is 15.2 Å². The van der Waals surface area contributed by atoms with Crippen LogP contribution < -0.4 is 20.9 Å². The van der Waals surface area contributed by atoms with E-state index in [0.717, 1.165) is 0 Å². The minimum Gasteiger partial charge on any atom is -0.494 e. The van der Waals surface area contributed by atoms with Crippen LogP contribution in [0.5, 0.6) is 5.75 Å². The predicted molar refractivity (Wildman–Crippen MR) is 128 cm³/mol. The van der Waals surface area contributed by atoms with Gasteiger partial charge in [0, 0.05) is 11.3 Å². The minimum absolute atomic E-state index is 0.151. The van der Waals surface area contributed by atoms with Crippen molar-refractivity contribution in [3.63, 3.8) is 0 Å². The van der Waals surface area contributed by atoms with Gasteiger partial charge in [0.1, 0.15) is 0 Å². The van der Waals surface area contributed by atoms with Crippen LogP contribution in [0.3, 0.4) is 0 Å². The lowest BCUT2D eigenvalue weighted by Crippen LogP contribution is -2.28. The van der Waals surface area contributed by atoms with Crippen molar-refractivity contribution < 1.29 is 19.4 Å². The van der Waals surface area contributed by atoms with Crippen LogP contribution >= 0.6 is 0 Å². The highest BCUT2D eigenvalue weighted by Crippen LogP contribution is 2.37.